The molecule has 0 aromatic rings. The Morgan fingerprint density at radius 3 is 2.53 bits per heavy atom. The van der Waals surface area contributed by atoms with Crippen LogP contribution in [0.1, 0.15) is 25.7 Å². The fourth-order valence-corrected chi connectivity index (χ4v) is 2.67. The van der Waals surface area contributed by atoms with E-state index in [4.69, 9.17) is 4.74 Å². The number of nitrogens with one attached hydrogen (secondary N) is 1. The van der Waals surface area contributed by atoms with E-state index < -0.39 is 6.04 Å². The second-order valence-corrected chi connectivity index (χ2v) is 5.58. The summed E-state index contributed by atoms with van der Waals surface area (Å²) in [5.41, 5.74) is 0. The van der Waals surface area contributed by atoms with Crippen molar-refractivity contribution in [2.45, 2.75) is 37.8 Å². The Labute approximate surface area is 111 Å². The Morgan fingerprint density at radius 1 is 1.37 bits per heavy atom. The van der Waals surface area contributed by atoms with Gasteiger partial charge < -0.3 is 10.1 Å². The Kier molecular flexibility index (Phi) is 3.05. The second kappa shape index (κ2) is 4.59. The van der Waals surface area contributed by atoms with Crippen LogP contribution in [-0.4, -0.2) is 48.4 Å². The molecule has 0 spiro atoms. The Balaban J connectivity index is 1.55. The van der Waals surface area contributed by atoms with E-state index in [2.05, 4.69) is 5.32 Å². The highest BCUT2D eigenvalue weighted by molar-refractivity contribution is 6.08. The fraction of sp³-hybridized carbons (Fsp3) is 0.769. The first-order valence-electron chi connectivity index (χ1n) is 6.81. The lowest BCUT2D eigenvalue weighted by Crippen LogP contribution is -2.43. The first kappa shape index (κ1) is 12.6. The van der Waals surface area contributed by atoms with Gasteiger partial charge in [0.1, 0.15) is 6.04 Å². The van der Waals surface area contributed by atoms with E-state index in [1.165, 1.54) is 12.0 Å². The zero-order valence-electron chi connectivity index (χ0n) is 10.9. The normalized spacial score (nSPS) is 30.3. The van der Waals surface area contributed by atoms with Crippen molar-refractivity contribution >= 4 is 17.8 Å². The molecule has 3 aliphatic rings. The van der Waals surface area contributed by atoms with Gasteiger partial charge in [0.25, 0.3) is 0 Å². The maximum atomic E-state index is 11.8. The number of nitrogens with zero attached hydrogens (tertiary/aromatic N) is 1. The lowest BCUT2D eigenvalue weighted by Gasteiger charge is -2.21. The van der Waals surface area contributed by atoms with E-state index >= 15 is 0 Å². The highest BCUT2D eigenvalue weighted by atomic mass is 16.5. The number of rotatable bonds is 6. The summed E-state index contributed by atoms with van der Waals surface area (Å²) in [6.45, 7) is 0.310. The summed E-state index contributed by atoms with van der Waals surface area (Å²) in [6, 6.07) is -0.0440. The van der Waals surface area contributed by atoms with Gasteiger partial charge in [0.2, 0.25) is 11.8 Å². The van der Waals surface area contributed by atoms with Crippen molar-refractivity contribution in [3.8, 4) is 0 Å². The molecular weight excluding hydrogens is 248 g/mol. The predicted molar refractivity (Wildman–Crippen MR) is 64.9 cm³/mol. The van der Waals surface area contributed by atoms with Gasteiger partial charge in [-0.05, 0) is 25.7 Å². The number of likely N-dealkylation sites (tertiary alicyclic amines) is 1. The van der Waals surface area contributed by atoms with Gasteiger partial charge in [0.15, 0.2) is 0 Å². The van der Waals surface area contributed by atoms with E-state index in [1.807, 2.05) is 0 Å². The van der Waals surface area contributed by atoms with Gasteiger partial charge in [-0.15, -0.1) is 0 Å². The minimum atomic E-state index is -0.421. The van der Waals surface area contributed by atoms with Crippen molar-refractivity contribution < 1.29 is 19.1 Å². The molecule has 1 heterocycles. The minimum absolute atomic E-state index is 0.0648. The van der Waals surface area contributed by atoms with Crippen LogP contribution in [0.4, 0.5) is 0 Å². The molecular formula is C13H18N2O4. The number of hydrogen-bond acceptors (Lipinski definition) is 5. The molecule has 0 aromatic carbocycles. The largest absolute Gasteiger partial charge is 0.468 e. The monoisotopic (exact) mass is 266 g/mol. The molecule has 3 unspecified atom stereocenters. The van der Waals surface area contributed by atoms with E-state index in [9.17, 15) is 14.4 Å². The maximum Gasteiger partial charge on any atom is 0.322 e. The van der Waals surface area contributed by atoms with Crippen LogP contribution in [0.25, 0.3) is 0 Å². The Bertz CT molecular complexity index is 412. The number of carbonyl (C=O) groups is 3. The number of esters is 1. The zero-order chi connectivity index (χ0) is 13.6. The first-order valence-corrected chi connectivity index (χ1v) is 6.81. The Morgan fingerprint density at radius 2 is 2.00 bits per heavy atom. The van der Waals surface area contributed by atoms with E-state index in [0.717, 1.165) is 19.3 Å². The Hall–Kier alpha value is -1.43. The van der Waals surface area contributed by atoms with Crippen LogP contribution in [0.5, 0.6) is 0 Å². The molecule has 1 N–H and O–H groups in total. The maximum absolute atomic E-state index is 11.8. The van der Waals surface area contributed by atoms with Crippen LogP contribution in [-0.2, 0) is 19.1 Å². The molecule has 0 radical (unpaired) electrons. The average Bonchev–Trinajstić information content (AvgIpc) is 3.27. The smallest absolute Gasteiger partial charge is 0.322 e. The number of hydrogen-bond donors (Lipinski definition) is 1. The zero-order valence-corrected chi connectivity index (χ0v) is 10.9. The molecule has 1 aliphatic heterocycles. The van der Waals surface area contributed by atoms with Crippen LogP contribution < -0.4 is 5.32 Å². The molecule has 104 valence electrons. The number of piperidine rings is 1. The summed E-state index contributed by atoms with van der Waals surface area (Å²) in [7, 11) is 1.35. The third-order valence-electron chi connectivity index (χ3n) is 4.10. The summed E-state index contributed by atoms with van der Waals surface area (Å²) in [5.74, 6) is -0.591. The van der Waals surface area contributed by atoms with E-state index in [-0.39, 0.29) is 29.6 Å². The summed E-state index contributed by atoms with van der Waals surface area (Å²) in [5, 5.41) is 3.19. The number of methoxy groups -OCH3 is 1. The molecule has 0 bridgehead atoms. The molecule has 1 saturated heterocycles. The molecule has 19 heavy (non-hydrogen) atoms. The molecule has 0 aromatic heterocycles. The van der Waals surface area contributed by atoms with Crippen molar-refractivity contribution in [2.75, 3.05) is 13.7 Å². The van der Waals surface area contributed by atoms with Crippen molar-refractivity contribution in [3.63, 3.8) is 0 Å². The molecule has 3 atom stereocenters. The van der Waals surface area contributed by atoms with Crippen molar-refractivity contribution in [2.24, 2.45) is 11.8 Å². The summed E-state index contributed by atoms with van der Waals surface area (Å²) in [4.78, 5) is 36.6. The molecule has 6 nitrogen and oxygen atoms in total. The number of fused-ring (bicyclic) bond motifs is 1. The van der Waals surface area contributed by atoms with E-state index in [0.29, 0.717) is 19.0 Å². The topological polar surface area (TPSA) is 75.7 Å². The molecule has 2 saturated carbocycles. The summed E-state index contributed by atoms with van der Waals surface area (Å²) >= 11 is 0. The number of amides is 2. The van der Waals surface area contributed by atoms with Crippen molar-refractivity contribution in [1.82, 2.24) is 10.2 Å². The van der Waals surface area contributed by atoms with Crippen LogP contribution in [0, 0.1) is 11.8 Å². The van der Waals surface area contributed by atoms with Gasteiger partial charge in [0, 0.05) is 12.6 Å². The molecule has 3 rings (SSSR count). The fourth-order valence-electron chi connectivity index (χ4n) is 2.67. The molecule has 2 amide bonds. The van der Waals surface area contributed by atoms with Gasteiger partial charge in [-0.1, -0.05) is 0 Å². The third kappa shape index (κ3) is 2.36. The minimum Gasteiger partial charge on any atom is -0.468 e. The average molecular weight is 266 g/mol. The first-order chi connectivity index (χ1) is 9.11. The number of imide groups is 1. The van der Waals surface area contributed by atoms with Crippen LogP contribution >= 0.6 is 0 Å². The summed E-state index contributed by atoms with van der Waals surface area (Å²) < 4.78 is 4.75. The molecule has 2 aliphatic carbocycles. The van der Waals surface area contributed by atoms with Crippen LogP contribution in [0.2, 0.25) is 0 Å². The lowest BCUT2D eigenvalue weighted by atomic mass is 10.2. The van der Waals surface area contributed by atoms with Gasteiger partial charge in [0.05, 0.1) is 18.9 Å². The lowest BCUT2D eigenvalue weighted by molar-refractivity contribution is -0.146. The van der Waals surface area contributed by atoms with Gasteiger partial charge >= 0.3 is 5.97 Å². The summed E-state index contributed by atoms with van der Waals surface area (Å²) in [6.07, 6.45) is 3.29. The van der Waals surface area contributed by atoms with Crippen LogP contribution in [0.3, 0.4) is 0 Å². The quantitative estimate of drug-likeness (QED) is 0.526. The SMILES string of the molecule is COC(=O)C(CCN1C(=O)C2CC2C1=O)NC1CC1. The van der Waals surface area contributed by atoms with Crippen molar-refractivity contribution in [3.05, 3.63) is 0 Å². The van der Waals surface area contributed by atoms with Crippen molar-refractivity contribution in [1.29, 1.82) is 0 Å². The molecule has 6 heteroatoms. The third-order valence-corrected chi connectivity index (χ3v) is 4.10. The van der Waals surface area contributed by atoms with Gasteiger partial charge in [-0.25, -0.2) is 0 Å². The number of ether oxygens (including phenoxy) is 1. The number of carbonyl (C=O) groups excluding carboxylic acids is 3. The second-order valence-electron chi connectivity index (χ2n) is 5.58. The van der Waals surface area contributed by atoms with E-state index in [1.54, 1.807) is 0 Å². The predicted octanol–water partition coefficient (Wildman–Crippen LogP) is -0.325. The molecule has 3 fully saturated rings. The van der Waals surface area contributed by atoms with Gasteiger partial charge in [-0.3, -0.25) is 19.3 Å². The highest BCUT2D eigenvalue weighted by Gasteiger charge is 2.58. The van der Waals surface area contributed by atoms with Crippen LogP contribution in [0.15, 0.2) is 0 Å². The van der Waals surface area contributed by atoms with Gasteiger partial charge in [-0.2, -0.15) is 0 Å². The highest BCUT2D eigenvalue weighted by Crippen LogP contribution is 2.46. The standard InChI is InChI=1S/C13H18N2O4/c1-19-13(18)10(14-7-2-3-7)4-5-15-11(16)8-6-9(8)12(15)17/h7-10,14H,2-6H2,1H3.